The molecule has 0 spiro atoms. The quantitative estimate of drug-likeness (QED) is 0.388. The highest BCUT2D eigenvalue weighted by molar-refractivity contribution is 6.35. The molecule has 4 aromatic rings. The van der Waals surface area contributed by atoms with E-state index < -0.39 is 0 Å². The van der Waals surface area contributed by atoms with Crippen molar-refractivity contribution in [1.82, 2.24) is 14.5 Å². The van der Waals surface area contributed by atoms with Crippen LogP contribution in [0.2, 0.25) is 10.0 Å². The fourth-order valence-corrected chi connectivity index (χ4v) is 3.54. The molecular formula is C22H17Cl2N3O2. The van der Waals surface area contributed by atoms with Gasteiger partial charge in [0.15, 0.2) is 5.82 Å². The zero-order valence-electron chi connectivity index (χ0n) is 15.6. The van der Waals surface area contributed by atoms with Crippen LogP contribution < -0.4 is 0 Å². The first-order valence-electron chi connectivity index (χ1n) is 9.08. The molecule has 0 N–H and O–H groups in total. The number of halogens is 2. The molecule has 5 nitrogen and oxygen atoms in total. The predicted molar refractivity (Wildman–Crippen MR) is 114 cm³/mol. The van der Waals surface area contributed by atoms with E-state index in [0.29, 0.717) is 34.6 Å². The maximum atomic E-state index is 12.0. The number of carbonyl (C=O) groups is 1. The molecule has 0 aliphatic carbocycles. The van der Waals surface area contributed by atoms with Crippen LogP contribution in [0.4, 0.5) is 0 Å². The van der Waals surface area contributed by atoms with E-state index in [-0.39, 0.29) is 5.97 Å². The van der Waals surface area contributed by atoms with Crippen LogP contribution in [0.15, 0.2) is 60.9 Å². The SMILES string of the molecule is CCOC(=O)c1cccc(-c2ncc3ccn(Cc4ccc(Cl)cc4Cl)c3n2)c1. The molecule has 2 aromatic heterocycles. The number of rotatable bonds is 5. The summed E-state index contributed by atoms with van der Waals surface area (Å²) in [5.74, 6) is 0.169. The van der Waals surface area contributed by atoms with Gasteiger partial charge in [-0.15, -0.1) is 0 Å². The first-order chi connectivity index (χ1) is 14.0. The number of hydrogen-bond acceptors (Lipinski definition) is 4. The Morgan fingerprint density at radius 1 is 1.14 bits per heavy atom. The third-order valence-corrected chi connectivity index (χ3v) is 5.08. The molecule has 0 atom stereocenters. The van der Waals surface area contributed by atoms with Gasteiger partial charge in [0.1, 0.15) is 5.65 Å². The molecule has 0 aliphatic rings. The first-order valence-corrected chi connectivity index (χ1v) is 9.84. The molecule has 29 heavy (non-hydrogen) atoms. The summed E-state index contributed by atoms with van der Waals surface area (Å²) in [4.78, 5) is 21.2. The third kappa shape index (κ3) is 4.11. The van der Waals surface area contributed by atoms with Gasteiger partial charge >= 0.3 is 5.97 Å². The zero-order chi connectivity index (χ0) is 20.4. The second kappa shape index (κ2) is 8.23. The van der Waals surface area contributed by atoms with Crippen molar-refractivity contribution in [2.45, 2.75) is 13.5 Å². The lowest BCUT2D eigenvalue weighted by molar-refractivity contribution is 0.0526. The van der Waals surface area contributed by atoms with Gasteiger partial charge < -0.3 is 9.30 Å². The van der Waals surface area contributed by atoms with Crippen molar-refractivity contribution >= 4 is 40.2 Å². The van der Waals surface area contributed by atoms with Crippen LogP contribution in [-0.2, 0) is 11.3 Å². The van der Waals surface area contributed by atoms with Crippen LogP contribution in [0.1, 0.15) is 22.8 Å². The molecule has 0 saturated heterocycles. The van der Waals surface area contributed by atoms with E-state index in [1.807, 2.05) is 35.0 Å². The Bertz CT molecular complexity index is 1200. The van der Waals surface area contributed by atoms with Crippen LogP contribution in [0.25, 0.3) is 22.4 Å². The summed E-state index contributed by atoms with van der Waals surface area (Å²) >= 11 is 12.3. The Balaban J connectivity index is 1.70. The van der Waals surface area contributed by atoms with Crippen molar-refractivity contribution in [3.8, 4) is 11.4 Å². The molecule has 0 fully saturated rings. The Morgan fingerprint density at radius 3 is 2.79 bits per heavy atom. The number of fused-ring (bicyclic) bond motifs is 1. The Hall–Kier alpha value is -2.89. The summed E-state index contributed by atoms with van der Waals surface area (Å²) in [5.41, 5.74) is 2.94. The van der Waals surface area contributed by atoms with Gasteiger partial charge in [-0.2, -0.15) is 0 Å². The number of benzene rings is 2. The number of nitrogens with zero attached hydrogens (tertiary/aromatic N) is 3. The molecule has 0 bridgehead atoms. The van der Waals surface area contributed by atoms with Gasteiger partial charge in [0.25, 0.3) is 0 Å². The van der Waals surface area contributed by atoms with Gasteiger partial charge in [-0.05, 0) is 42.8 Å². The van der Waals surface area contributed by atoms with Crippen molar-refractivity contribution in [2.75, 3.05) is 6.61 Å². The summed E-state index contributed by atoms with van der Waals surface area (Å²) in [7, 11) is 0. The maximum Gasteiger partial charge on any atom is 0.338 e. The van der Waals surface area contributed by atoms with E-state index in [1.165, 1.54) is 0 Å². The van der Waals surface area contributed by atoms with Gasteiger partial charge in [-0.25, -0.2) is 14.8 Å². The fraction of sp³-hybridized carbons (Fsp3) is 0.136. The Kier molecular flexibility index (Phi) is 5.51. The average Bonchev–Trinajstić information content (AvgIpc) is 3.12. The minimum absolute atomic E-state index is 0.326. The lowest BCUT2D eigenvalue weighted by Gasteiger charge is -2.09. The van der Waals surface area contributed by atoms with Crippen molar-refractivity contribution in [3.63, 3.8) is 0 Å². The minimum atomic E-state index is -0.365. The number of aromatic nitrogens is 3. The highest BCUT2D eigenvalue weighted by Crippen LogP contribution is 2.25. The molecule has 4 rings (SSSR count). The molecule has 0 aliphatic heterocycles. The van der Waals surface area contributed by atoms with Crippen molar-refractivity contribution in [1.29, 1.82) is 0 Å². The number of carbonyl (C=O) groups excluding carboxylic acids is 1. The lowest BCUT2D eigenvalue weighted by Crippen LogP contribution is -2.05. The highest BCUT2D eigenvalue weighted by Gasteiger charge is 2.12. The normalized spacial score (nSPS) is 11.0. The van der Waals surface area contributed by atoms with Gasteiger partial charge in [0.05, 0.1) is 18.7 Å². The Labute approximate surface area is 177 Å². The number of ether oxygens (including phenoxy) is 1. The van der Waals surface area contributed by atoms with Crippen molar-refractivity contribution < 1.29 is 9.53 Å². The second-order valence-corrected chi connectivity index (χ2v) is 7.30. The predicted octanol–water partition coefficient (Wildman–Crippen LogP) is 5.63. The van der Waals surface area contributed by atoms with E-state index >= 15 is 0 Å². The number of hydrogen-bond donors (Lipinski definition) is 0. The van der Waals surface area contributed by atoms with Crippen LogP contribution in [0.5, 0.6) is 0 Å². The molecule has 146 valence electrons. The summed E-state index contributed by atoms with van der Waals surface area (Å²) in [6.07, 6.45) is 3.72. The third-order valence-electron chi connectivity index (χ3n) is 4.49. The molecule has 0 unspecified atom stereocenters. The smallest absolute Gasteiger partial charge is 0.338 e. The lowest BCUT2D eigenvalue weighted by atomic mass is 10.1. The highest BCUT2D eigenvalue weighted by atomic mass is 35.5. The van der Waals surface area contributed by atoms with E-state index in [4.69, 9.17) is 32.9 Å². The van der Waals surface area contributed by atoms with Gasteiger partial charge in [-0.3, -0.25) is 0 Å². The maximum absolute atomic E-state index is 12.0. The van der Waals surface area contributed by atoms with E-state index in [2.05, 4.69) is 4.98 Å². The molecular weight excluding hydrogens is 409 g/mol. The summed E-state index contributed by atoms with van der Waals surface area (Å²) in [6.45, 7) is 2.66. The van der Waals surface area contributed by atoms with E-state index in [0.717, 1.165) is 22.2 Å². The van der Waals surface area contributed by atoms with Crippen LogP contribution >= 0.6 is 23.2 Å². The molecule has 2 heterocycles. The largest absolute Gasteiger partial charge is 0.462 e. The minimum Gasteiger partial charge on any atom is -0.462 e. The molecule has 7 heteroatoms. The Morgan fingerprint density at radius 2 is 2.00 bits per heavy atom. The molecule has 0 amide bonds. The topological polar surface area (TPSA) is 57.0 Å². The van der Waals surface area contributed by atoms with Crippen LogP contribution in [0.3, 0.4) is 0 Å². The fourth-order valence-electron chi connectivity index (χ4n) is 3.07. The molecule has 2 aromatic carbocycles. The van der Waals surface area contributed by atoms with Crippen LogP contribution in [-0.4, -0.2) is 27.1 Å². The van der Waals surface area contributed by atoms with Gasteiger partial charge in [0.2, 0.25) is 0 Å². The summed E-state index contributed by atoms with van der Waals surface area (Å²) < 4.78 is 7.08. The van der Waals surface area contributed by atoms with Gasteiger partial charge in [0, 0.05) is 33.4 Å². The van der Waals surface area contributed by atoms with Crippen LogP contribution in [0, 0.1) is 0 Å². The summed E-state index contributed by atoms with van der Waals surface area (Å²) in [5, 5.41) is 2.12. The monoisotopic (exact) mass is 425 g/mol. The average molecular weight is 426 g/mol. The second-order valence-electron chi connectivity index (χ2n) is 6.45. The molecule has 0 radical (unpaired) electrons. The van der Waals surface area contributed by atoms with Crippen molar-refractivity contribution in [2.24, 2.45) is 0 Å². The molecule has 0 saturated carbocycles. The number of esters is 1. The van der Waals surface area contributed by atoms with E-state index in [1.54, 1.807) is 37.4 Å². The standard InChI is InChI=1S/C22H17Cl2N3O2/c1-2-29-22(28)15-5-3-4-14(10-15)20-25-12-16-8-9-27(21(16)26-20)13-17-6-7-18(23)11-19(17)24/h3-12H,2,13H2,1H3. The van der Waals surface area contributed by atoms with Crippen molar-refractivity contribution in [3.05, 3.63) is 82.1 Å². The van der Waals surface area contributed by atoms with E-state index in [9.17, 15) is 4.79 Å². The summed E-state index contributed by atoms with van der Waals surface area (Å²) in [6, 6.07) is 14.5. The zero-order valence-corrected chi connectivity index (χ0v) is 17.1. The van der Waals surface area contributed by atoms with Gasteiger partial charge in [-0.1, -0.05) is 41.4 Å². The first kappa shape index (κ1) is 19.4.